The number of benzene rings is 3. The summed E-state index contributed by atoms with van der Waals surface area (Å²) >= 11 is 1.97. The zero-order valence-corrected chi connectivity index (χ0v) is 15.6. The van der Waals surface area contributed by atoms with Crippen LogP contribution < -0.4 is 0 Å². The highest BCUT2D eigenvalue weighted by atomic mass is 32.2. The topological polar surface area (TPSA) is 3.24 Å². The Bertz CT molecular complexity index is 844. The average Bonchev–Trinajstić information content (AvgIpc) is 2.67. The van der Waals surface area contributed by atoms with Gasteiger partial charge in [-0.05, 0) is 66.9 Å². The summed E-state index contributed by atoms with van der Waals surface area (Å²) in [4.78, 5) is 3.83. The number of hydrogen-bond acceptors (Lipinski definition) is 2. The fourth-order valence-corrected chi connectivity index (χ4v) is 4.95. The van der Waals surface area contributed by atoms with Crippen LogP contribution in [0.15, 0.2) is 71.6 Å². The lowest BCUT2D eigenvalue weighted by molar-refractivity contribution is 0.255. The zero-order valence-electron chi connectivity index (χ0n) is 14.8. The van der Waals surface area contributed by atoms with E-state index >= 15 is 0 Å². The quantitative estimate of drug-likeness (QED) is 0.537. The molecule has 25 heavy (non-hydrogen) atoms. The van der Waals surface area contributed by atoms with Gasteiger partial charge in [-0.2, -0.15) is 0 Å². The standard InChI is InChI=1S/C23H25NS/c1-24-15-13-19(14-16-24)21-10-4-3-8-20(21)17-25-23-12-6-9-18-7-2-5-11-22(18)23/h2-12,19H,13-17H2,1H3. The van der Waals surface area contributed by atoms with Gasteiger partial charge in [-0.1, -0.05) is 60.7 Å². The maximum Gasteiger partial charge on any atom is 0.0235 e. The molecule has 0 spiro atoms. The summed E-state index contributed by atoms with van der Waals surface area (Å²) in [6.45, 7) is 2.44. The number of rotatable bonds is 4. The van der Waals surface area contributed by atoms with Crippen LogP contribution in [0.1, 0.15) is 29.9 Å². The van der Waals surface area contributed by atoms with E-state index in [1.54, 1.807) is 5.56 Å². The molecule has 1 aliphatic heterocycles. The molecule has 1 aliphatic rings. The van der Waals surface area contributed by atoms with Gasteiger partial charge in [0.2, 0.25) is 0 Å². The van der Waals surface area contributed by atoms with Crippen LogP contribution >= 0.6 is 11.8 Å². The van der Waals surface area contributed by atoms with Crippen LogP contribution in [-0.2, 0) is 5.75 Å². The molecule has 3 aromatic rings. The molecule has 3 aromatic carbocycles. The second-order valence-corrected chi connectivity index (χ2v) is 8.06. The number of thioether (sulfide) groups is 1. The normalized spacial score (nSPS) is 16.4. The molecule has 0 aromatic heterocycles. The minimum absolute atomic E-state index is 0.723. The van der Waals surface area contributed by atoms with E-state index in [4.69, 9.17) is 0 Å². The third-order valence-corrected chi connectivity index (χ3v) is 6.47. The second kappa shape index (κ2) is 7.63. The molecule has 0 unspecified atom stereocenters. The summed E-state index contributed by atoms with van der Waals surface area (Å²) in [5, 5.41) is 2.70. The fourth-order valence-electron chi connectivity index (χ4n) is 3.86. The third-order valence-electron chi connectivity index (χ3n) is 5.35. The monoisotopic (exact) mass is 347 g/mol. The van der Waals surface area contributed by atoms with E-state index < -0.39 is 0 Å². The fraction of sp³-hybridized carbons (Fsp3) is 0.304. The first kappa shape index (κ1) is 16.7. The zero-order chi connectivity index (χ0) is 17.1. The van der Waals surface area contributed by atoms with Crippen LogP contribution in [0.4, 0.5) is 0 Å². The molecule has 1 nitrogen and oxygen atoms in total. The summed E-state index contributed by atoms with van der Waals surface area (Å²) < 4.78 is 0. The van der Waals surface area contributed by atoms with Gasteiger partial charge < -0.3 is 4.90 Å². The lowest BCUT2D eigenvalue weighted by Gasteiger charge is -2.30. The van der Waals surface area contributed by atoms with Crippen LogP contribution in [0.2, 0.25) is 0 Å². The number of piperidine rings is 1. The maximum atomic E-state index is 2.45. The van der Waals surface area contributed by atoms with Crippen molar-refractivity contribution < 1.29 is 0 Å². The van der Waals surface area contributed by atoms with Crippen molar-refractivity contribution in [3.05, 3.63) is 77.9 Å². The van der Waals surface area contributed by atoms with Gasteiger partial charge in [-0.15, -0.1) is 11.8 Å². The van der Waals surface area contributed by atoms with Crippen LogP contribution in [0, 0.1) is 0 Å². The highest BCUT2D eigenvalue weighted by molar-refractivity contribution is 7.98. The summed E-state index contributed by atoms with van der Waals surface area (Å²) in [5.41, 5.74) is 3.08. The van der Waals surface area contributed by atoms with Gasteiger partial charge in [0.15, 0.2) is 0 Å². The number of nitrogens with zero attached hydrogens (tertiary/aromatic N) is 1. The van der Waals surface area contributed by atoms with Crippen molar-refractivity contribution in [2.45, 2.75) is 29.4 Å². The first-order valence-electron chi connectivity index (χ1n) is 9.18. The van der Waals surface area contributed by atoms with Gasteiger partial charge in [0.25, 0.3) is 0 Å². The molecule has 0 bridgehead atoms. The summed E-state index contributed by atoms with van der Waals surface area (Å²) in [6.07, 6.45) is 2.57. The highest BCUT2D eigenvalue weighted by Gasteiger charge is 2.20. The van der Waals surface area contributed by atoms with Gasteiger partial charge >= 0.3 is 0 Å². The molecule has 0 amide bonds. The number of likely N-dealkylation sites (tertiary alicyclic amines) is 1. The summed E-state index contributed by atoms with van der Waals surface area (Å²) in [7, 11) is 2.23. The predicted molar refractivity (Wildman–Crippen MR) is 109 cm³/mol. The van der Waals surface area contributed by atoms with E-state index in [1.807, 2.05) is 11.8 Å². The van der Waals surface area contributed by atoms with Gasteiger partial charge in [-0.25, -0.2) is 0 Å². The number of fused-ring (bicyclic) bond motifs is 1. The third kappa shape index (κ3) is 3.75. The molecule has 1 heterocycles. The van der Waals surface area contributed by atoms with Gasteiger partial charge in [0.1, 0.15) is 0 Å². The van der Waals surface area contributed by atoms with Crippen LogP contribution in [0.25, 0.3) is 10.8 Å². The molecule has 1 fully saturated rings. The highest BCUT2D eigenvalue weighted by Crippen LogP contribution is 2.35. The first-order chi connectivity index (χ1) is 12.3. The van der Waals surface area contributed by atoms with Crippen molar-refractivity contribution >= 4 is 22.5 Å². The summed E-state index contributed by atoms with van der Waals surface area (Å²) in [6, 6.07) is 24.4. The number of hydrogen-bond donors (Lipinski definition) is 0. The first-order valence-corrected chi connectivity index (χ1v) is 10.2. The largest absolute Gasteiger partial charge is 0.306 e. The SMILES string of the molecule is CN1CCC(c2ccccc2CSc2cccc3ccccc23)CC1. The van der Waals surface area contributed by atoms with Crippen molar-refractivity contribution in [2.75, 3.05) is 20.1 Å². The van der Waals surface area contributed by atoms with Gasteiger partial charge in [0.05, 0.1) is 0 Å². The Hall–Kier alpha value is -1.77. The molecule has 0 saturated carbocycles. The second-order valence-electron chi connectivity index (χ2n) is 7.04. The van der Waals surface area contributed by atoms with E-state index in [0.29, 0.717) is 0 Å². The predicted octanol–water partition coefficient (Wildman–Crippen LogP) is 5.94. The lowest BCUT2D eigenvalue weighted by atomic mass is 9.87. The van der Waals surface area contributed by atoms with Crippen LogP contribution in [0.3, 0.4) is 0 Å². The Morgan fingerprint density at radius 2 is 1.60 bits per heavy atom. The Balaban J connectivity index is 1.55. The van der Waals surface area contributed by atoms with Crippen molar-refractivity contribution in [3.63, 3.8) is 0 Å². The molecule has 0 aliphatic carbocycles. The Labute approximate surface area is 155 Å². The lowest BCUT2D eigenvalue weighted by Crippen LogP contribution is -2.29. The summed E-state index contributed by atoms with van der Waals surface area (Å²) in [5.74, 6) is 1.77. The Kier molecular flexibility index (Phi) is 5.09. The van der Waals surface area contributed by atoms with E-state index in [9.17, 15) is 0 Å². The molecular formula is C23H25NS. The van der Waals surface area contributed by atoms with Gasteiger partial charge in [-0.3, -0.25) is 0 Å². The van der Waals surface area contributed by atoms with Gasteiger partial charge in [0, 0.05) is 10.6 Å². The molecule has 0 atom stereocenters. The molecule has 0 radical (unpaired) electrons. The van der Waals surface area contributed by atoms with Crippen molar-refractivity contribution in [3.8, 4) is 0 Å². The maximum absolute atomic E-state index is 2.45. The average molecular weight is 348 g/mol. The van der Waals surface area contributed by atoms with Crippen molar-refractivity contribution in [1.82, 2.24) is 4.90 Å². The molecule has 2 heteroatoms. The van der Waals surface area contributed by atoms with Crippen molar-refractivity contribution in [1.29, 1.82) is 0 Å². The Morgan fingerprint density at radius 3 is 2.48 bits per heavy atom. The van der Waals surface area contributed by atoms with E-state index in [-0.39, 0.29) is 0 Å². The van der Waals surface area contributed by atoms with Crippen LogP contribution in [-0.4, -0.2) is 25.0 Å². The smallest absolute Gasteiger partial charge is 0.0235 e. The molecule has 1 saturated heterocycles. The molecule has 4 rings (SSSR count). The van der Waals surface area contributed by atoms with E-state index in [1.165, 1.54) is 47.2 Å². The molecular weight excluding hydrogens is 322 g/mol. The molecule has 0 N–H and O–H groups in total. The Morgan fingerprint density at radius 1 is 0.880 bits per heavy atom. The minimum Gasteiger partial charge on any atom is -0.306 e. The van der Waals surface area contributed by atoms with E-state index in [0.717, 1.165) is 11.7 Å². The van der Waals surface area contributed by atoms with Crippen molar-refractivity contribution in [2.24, 2.45) is 0 Å². The minimum atomic E-state index is 0.723. The molecule has 128 valence electrons. The van der Waals surface area contributed by atoms with Crippen LogP contribution in [0.5, 0.6) is 0 Å². The van der Waals surface area contributed by atoms with E-state index in [2.05, 4.69) is 78.7 Å².